The first-order valence-corrected chi connectivity index (χ1v) is 10.2. The topological polar surface area (TPSA) is 63.7 Å². The van der Waals surface area contributed by atoms with Gasteiger partial charge < -0.3 is 19.7 Å². The first-order chi connectivity index (χ1) is 13.2. The van der Waals surface area contributed by atoms with Crippen LogP contribution in [-0.2, 0) is 11.2 Å². The van der Waals surface area contributed by atoms with Crippen LogP contribution in [0.5, 0.6) is 11.5 Å². The number of amides is 1. The molecule has 1 atom stereocenters. The largest absolute Gasteiger partial charge is 0.497 e. The van der Waals surface area contributed by atoms with Crippen molar-refractivity contribution in [1.82, 2.24) is 10.3 Å². The zero-order valence-electron chi connectivity index (χ0n) is 15.9. The summed E-state index contributed by atoms with van der Waals surface area (Å²) in [5.74, 6) is 2.07. The van der Waals surface area contributed by atoms with Crippen LogP contribution >= 0.6 is 11.3 Å². The monoisotopic (exact) mass is 389 g/mol. The number of rotatable bonds is 8. The predicted molar refractivity (Wildman–Crippen MR) is 108 cm³/mol. The normalized spacial score (nSPS) is 16.8. The van der Waals surface area contributed by atoms with Crippen LogP contribution in [-0.4, -0.2) is 44.7 Å². The zero-order chi connectivity index (χ0) is 19.1. The summed E-state index contributed by atoms with van der Waals surface area (Å²) in [5, 5.41) is 6.19. The molecule has 1 saturated heterocycles. The molecule has 0 aliphatic carbocycles. The number of anilines is 1. The fourth-order valence-corrected chi connectivity index (χ4v) is 4.11. The third kappa shape index (κ3) is 5.35. The van der Waals surface area contributed by atoms with Crippen molar-refractivity contribution in [1.29, 1.82) is 0 Å². The molecule has 146 valence electrons. The second-order valence-electron chi connectivity index (χ2n) is 6.75. The summed E-state index contributed by atoms with van der Waals surface area (Å²) >= 11 is 1.67. The number of carbonyl (C=O) groups is 1. The summed E-state index contributed by atoms with van der Waals surface area (Å²) in [5.41, 5.74) is 1.01. The Morgan fingerprint density at radius 2 is 2.26 bits per heavy atom. The summed E-state index contributed by atoms with van der Waals surface area (Å²) in [7, 11) is 3.26. The number of hydrogen-bond acceptors (Lipinski definition) is 6. The molecular weight excluding hydrogens is 362 g/mol. The van der Waals surface area contributed by atoms with Crippen LogP contribution in [0, 0.1) is 5.92 Å². The minimum Gasteiger partial charge on any atom is -0.497 e. The maximum absolute atomic E-state index is 12.3. The van der Waals surface area contributed by atoms with Gasteiger partial charge >= 0.3 is 0 Å². The van der Waals surface area contributed by atoms with Crippen molar-refractivity contribution >= 4 is 22.4 Å². The van der Waals surface area contributed by atoms with Crippen LogP contribution in [0.2, 0.25) is 0 Å². The van der Waals surface area contributed by atoms with Crippen LogP contribution in [0.1, 0.15) is 24.8 Å². The molecule has 1 N–H and O–H groups in total. The predicted octanol–water partition coefficient (Wildman–Crippen LogP) is 3.13. The van der Waals surface area contributed by atoms with E-state index in [-0.39, 0.29) is 5.91 Å². The maximum Gasteiger partial charge on any atom is 0.220 e. The molecule has 1 aromatic heterocycles. The number of benzene rings is 1. The maximum atomic E-state index is 12.3. The average molecular weight is 390 g/mol. The number of aryl methyl sites for hydroxylation is 1. The molecule has 0 bridgehead atoms. The third-order valence-corrected chi connectivity index (χ3v) is 5.74. The molecule has 1 amide bonds. The number of nitrogens with one attached hydrogen (secondary N) is 1. The van der Waals surface area contributed by atoms with Crippen molar-refractivity contribution in [2.24, 2.45) is 5.92 Å². The molecular formula is C20H27N3O3S. The minimum atomic E-state index is 0.0826. The minimum absolute atomic E-state index is 0.0826. The summed E-state index contributed by atoms with van der Waals surface area (Å²) in [6.07, 6.45) is 5.23. The number of aromatic nitrogens is 1. The molecule has 0 spiro atoms. The summed E-state index contributed by atoms with van der Waals surface area (Å²) in [6, 6.07) is 5.70. The SMILES string of the molecule is COc1ccc(CCC(=O)NCC2CCCN(c3nccs3)C2)c(OC)c1. The standard InChI is InChI=1S/C20H27N3O3S/c1-25-17-7-5-16(18(12-17)26-2)6-8-19(24)22-13-15-4-3-10-23(14-15)20-21-9-11-27-20/h5,7,9,11-12,15H,3-4,6,8,10,13-14H2,1-2H3,(H,22,24). The van der Waals surface area contributed by atoms with E-state index >= 15 is 0 Å². The Kier molecular flexibility index (Phi) is 6.92. The second kappa shape index (κ2) is 9.60. The van der Waals surface area contributed by atoms with Gasteiger partial charge in [0.2, 0.25) is 5.91 Å². The first-order valence-electron chi connectivity index (χ1n) is 9.31. The summed E-state index contributed by atoms with van der Waals surface area (Å²) in [6.45, 7) is 2.73. The van der Waals surface area contributed by atoms with Gasteiger partial charge in [0.15, 0.2) is 5.13 Å². The van der Waals surface area contributed by atoms with Crippen molar-refractivity contribution in [2.45, 2.75) is 25.7 Å². The number of ether oxygens (including phenoxy) is 2. The molecule has 1 fully saturated rings. The molecule has 1 aromatic carbocycles. The van der Waals surface area contributed by atoms with Gasteiger partial charge in [-0.05, 0) is 36.8 Å². The van der Waals surface area contributed by atoms with E-state index < -0.39 is 0 Å². The van der Waals surface area contributed by atoms with Gasteiger partial charge in [-0.3, -0.25) is 4.79 Å². The Morgan fingerprint density at radius 1 is 1.37 bits per heavy atom. The molecule has 2 aromatic rings. The van der Waals surface area contributed by atoms with Crippen molar-refractivity contribution in [3.8, 4) is 11.5 Å². The number of thiazole rings is 1. The van der Waals surface area contributed by atoms with E-state index in [1.165, 1.54) is 0 Å². The van der Waals surface area contributed by atoms with E-state index in [4.69, 9.17) is 9.47 Å². The molecule has 2 heterocycles. The van der Waals surface area contributed by atoms with Gasteiger partial charge in [0.05, 0.1) is 14.2 Å². The van der Waals surface area contributed by atoms with E-state index in [2.05, 4.69) is 15.2 Å². The first kappa shape index (κ1) is 19.5. The fourth-order valence-electron chi connectivity index (χ4n) is 3.43. The molecule has 7 heteroatoms. The fraction of sp³-hybridized carbons (Fsp3) is 0.500. The van der Waals surface area contributed by atoms with E-state index in [0.29, 0.717) is 18.8 Å². The van der Waals surface area contributed by atoms with Gasteiger partial charge in [-0.15, -0.1) is 11.3 Å². The van der Waals surface area contributed by atoms with Crippen LogP contribution < -0.4 is 19.7 Å². The van der Waals surface area contributed by atoms with Gasteiger partial charge in [0, 0.05) is 43.7 Å². The Morgan fingerprint density at radius 3 is 3.00 bits per heavy atom. The molecule has 1 unspecified atom stereocenters. The smallest absolute Gasteiger partial charge is 0.220 e. The highest BCUT2D eigenvalue weighted by atomic mass is 32.1. The Hall–Kier alpha value is -2.28. The van der Waals surface area contributed by atoms with Gasteiger partial charge in [-0.1, -0.05) is 6.07 Å². The average Bonchev–Trinajstić information content (AvgIpc) is 3.25. The number of carbonyl (C=O) groups excluding carboxylic acids is 1. The van der Waals surface area contributed by atoms with Gasteiger partial charge in [0.1, 0.15) is 11.5 Å². The number of piperidine rings is 1. The summed E-state index contributed by atoms with van der Waals surface area (Å²) in [4.78, 5) is 19.0. The van der Waals surface area contributed by atoms with Crippen LogP contribution in [0.15, 0.2) is 29.8 Å². The van der Waals surface area contributed by atoms with Gasteiger partial charge in [-0.25, -0.2) is 4.98 Å². The lowest BCUT2D eigenvalue weighted by molar-refractivity contribution is -0.121. The van der Waals surface area contributed by atoms with E-state index in [1.807, 2.05) is 29.8 Å². The quantitative estimate of drug-likeness (QED) is 0.752. The Balaban J connectivity index is 1.44. The van der Waals surface area contributed by atoms with E-state index in [0.717, 1.165) is 54.7 Å². The third-order valence-electron chi connectivity index (χ3n) is 4.91. The highest BCUT2D eigenvalue weighted by molar-refractivity contribution is 7.13. The van der Waals surface area contributed by atoms with Crippen molar-refractivity contribution in [2.75, 3.05) is 38.8 Å². The number of methoxy groups -OCH3 is 2. The van der Waals surface area contributed by atoms with Crippen LogP contribution in [0.4, 0.5) is 5.13 Å². The van der Waals surface area contributed by atoms with Crippen LogP contribution in [0.3, 0.4) is 0 Å². The van der Waals surface area contributed by atoms with E-state index in [9.17, 15) is 4.79 Å². The van der Waals surface area contributed by atoms with Crippen molar-refractivity contribution < 1.29 is 14.3 Å². The number of nitrogens with zero attached hydrogens (tertiary/aromatic N) is 2. The lowest BCUT2D eigenvalue weighted by Crippen LogP contribution is -2.41. The lowest BCUT2D eigenvalue weighted by Gasteiger charge is -2.32. The molecule has 27 heavy (non-hydrogen) atoms. The molecule has 6 nitrogen and oxygen atoms in total. The van der Waals surface area contributed by atoms with Crippen molar-refractivity contribution in [3.05, 3.63) is 35.3 Å². The highest BCUT2D eigenvalue weighted by Crippen LogP contribution is 2.26. The molecule has 1 aliphatic heterocycles. The van der Waals surface area contributed by atoms with Crippen LogP contribution in [0.25, 0.3) is 0 Å². The Labute approximate surface area is 164 Å². The zero-order valence-corrected chi connectivity index (χ0v) is 16.8. The highest BCUT2D eigenvalue weighted by Gasteiger charge is 2.22. The second-order valence-corrected chi connectivity index (χ2v) is 7.62. The molecule has 1 aliphatic rings. The molecule has 3 rings (SSSR count). The van der Waals surface area contributed by atoms with Gasteiger partial charge in [-0.2, -0.15) is 0 Å². The lowest BCUT2D eigenvalue weighted by atomic mass is 9.98. The molecule has 0 radical (unpaired) electrons. The summed E-state index contributed by atoms with van der Waals surface area (Å²) < 4.78 is 10.6. The van der Waals surface area contributed by atoms with Gasteiger partial charge in [0.25, 0.3) is 0 Å². The molecule has 0 saturated carbocycles. The Bertz CT molecular complexity index is 736. The van der Waals surface area contributed by atoms with E-state index in [1.54, 1.807) is 25.6 Å². The van der Waals surface area contributed by atoms with Crippen molar-refractivity contribution in [3.63, 3.8) is 0 Å². The number of hydrogen-bond donors (Lipinski definition) is 1.